The summed E-state index contributed by atoms with van der Waals surface area (Å²) in [5, 5.41) is 7.31. The molecule has 0 spiro atoms. The fourth-order valence-electron chi connectivity index (χ4n) is 4.31. The van der Waals surface area contributed by atoms with Gasteiger partial charge in [-0.2, -0.15) is 0 Å². The van der Waals surface area contributed by atoms with Crippen molar-refractivity contribution < 1.29 is 14.3 Å². The highest BCUT2D eigenvalue weighted by atomic mass is 32.2. The fourth-order valence-corrected chi connectivity index (χ4v) is 5.21. The van der Waals surface area contributed by atoms with Gasteiger partial charge in [-0.25, -0.2) is 0 Å². The minimum Gasteiger partial charge on any atom is -0.497 e. The number of aromatic nitrogens is 1. The Morgan fingerprint density at radius 2 is 1.82 bits per heavy atom. The first-order chi connectivity index (χ1) is 16.1. The number of fused-ring (bicyclic) bond motifs is 1. The summed E-state index contributed by atoms with van der Waals surface area (Å²) in [6.07, 6.45) is 7.97. The van der Waals surface area contributed by atoms with Gasteiger partial charge in [0.25, 0.3) is 5.91 Å². The molecule has 2 N–H and O–H groups in total. The molecule has 1 aliphatic rings. The molecule has 0 atom stereocenters. The Morgan fingerprint density at radius 3 is 2.58 bits per heavy atom. The second-order valence-electron chi connectivity index (χ2n) is 8.38. The number of nitrogens with zero attached hydrogens (tertiary/aromatic N) is 1. The molecule has 0 unspecified atom stereocenters. The number of benzene rings is 2. The molecule has 2 amide bonds. The Morgan fingerprint density at radius 1 is 1.06 bits per heavy atom. The summed E-state index contributed by atoms with van der Waals surface area (Å²) in [5.41, 5.74) is 1.71. The molecule has 6 nitrogen and oxygen atoms in total. The smallest absolute Gasteiger partial charge is 0.251 e. The van der Waals surface area contributed by atoms with E-state index in [0.717, 1.165) is 34.4 Å². The number of hydrogen-bond acceptors (Lipinski definition) is 4. The average Bonchev–Trinajstić information content (AvgIpc) is 3.21. The van der Waals surface area contributed by atoms with Gasteiger partial charge in [-0.15, -0.1) is 11.8 Å². The summed E-state index contributed by atoms with van der Waals surface area (Å²) in [6, 6.07) is 15.6. The number of thioether (sulfide) groups is 1. The highest BCUT2D eigenvalue weighted by Gasteiger charge is 2.17. The normalized spacial score (nSPS) is 14.2. The summed E-state index contributed by atoms with van der Waals surface area (Å²) < 4.78 is 7.29. The van der Waals surface area contributed by atoms with Crippen molar-refractivity contribution in [3.8, 4) is 5.75 Å². The van der Waals surface area contributed by atoms with Crippen molar-refractivity contribution in [3.63, 3.8) is 0 Å². The minimum absolute atomic E-state index is 0.107. The van der Waals surface area contributed by atoms with E-state index in [1.54, 1.807) is 43.1 Å². The zero-order chi connectivity index (χ0) is 23.0. The largest absolute Gasteiger partial charge is 0.497 e. The maximum absolute atomic E-state index is 12.5. The van der Waals surface area contributed by atoms with E-state index in [-0.39, 0.29) is 11.8 Å². The number of methoxy groups -OCH3 is 1. The number of nitrogens with one attached hydrogen (secondary N) is 2. The van der Waals surface area contributed by atoms with Crippen LogP contribution >= 0.6 is 11.8 Å². The first-order valence-electron chi connectivity index (χ1n) is 11.6. The van der Waals surface area contributed by atoms with E-state index >= 15 is 0 Å². The summed E-state index contributed by atoms with van der Waals surface area (Å²) in [4.78, 5) is 26.0. The third-order valence-corrected chi connectivity index (χ3v) is 7.11. The molecule has 33 heavy (non-hydrogen) atoms. The number of rotatable bonds is 9. The van der Waals surface area contributed by atoms with Crippen molar-refractivity contribution in [3.05, 3.63) is 60.3 Å². The highest BCUT2D eigenvalue weighted by molar-refractivity contribution is 8.00. The van der Waals surface area contributed by atoms with Gasteiger partial charge in [0, 0.05) is 46.7 Å². The molecule has 0 bridgehead atoms. The zero-order valence-corrected chi connectivity index (χ0v) is 19.8. The second kappa shape index (κ2) is 11.3. The third kappa shape index (κ3) is 6.11. The van der Waals surface area contributed by atoms with Crippen LogP contribution in [0, 0.1) is 0 Å². The van der Waals surface area contributed by atoms with Gasteiger partial charge < -0.3 is 19.9 Å². The van der Waals surface area contributed by atoms with Crippen molar-refractivity contribution in [2.45, 2.75) is 49.6 Å². The Labute approximate surface area is 199 Å². The van der Waals surface area contributed by atoms with Gasteiger partial charge in [-0.3, -0.25) is 9.59 Å². The van der Waals surface area contributed by atoms with Crippen molar-refractivity contribution >= 4 is 34.5 Å². The fraction of sp³-hybridized carbons (Fsp3) is 0.385. The lowest BCUT2D eigenvalue weighted by molar-refractivity contribution is -0.119. The molecule has 7 heteroatoms. The predicted molar refractivity (Wildman–Crippen MR) is 133 cm³/mol. The van der Waals surface area contributed by atoms with Crippen LogP contribution < -0.4 is 15.4 Å². The zero-order valence-electron chi connectivity index (χ0n) is 19.0. The molecular weight excluding hydrogens is 434 g/mol. The predicted octanol–water partition coefficient (Wildman–Crippen LogP) is 4.62. The lowest BCUT2D eigenvalue weighted by atomic mass is 9.95. The first-order valence-corrected chi connectivity index (χ1v) is 12.5. The average molecular weight is 466 g/mol. The maximum atomic E-state index is 12.5. The Balaban J connectivity index is 1.34. The van der Waals surface area contributed by atoms with Gasteiger partial charge in [0.2, 0.25) is 5.91 Å². The van der Waals surface area contributed by atoms with Crippen LogP contribution in [0.1, 0.15) is 42.5 Å². The van der Waals surface area contributed by atoms with Crippen LogP contribution in [0.2, 0.25) is 0 Å². The van der Waals surface area contributed by atoms with Crippen LogP contribution in [0.3, 0.4) is 0 Å². The standard InChI is InChI=1S/C26H31N3O3S/c1-32-21-13-11-19(12-14-21)26(31)27-15-16-29-17-24(22-9-5-6-10-23(22)29)33-18-25(30)28-20-7-3-2-4-8-20/h5-6,9-14,17,20H,2-4,7-8,15-16,18H2,1H3,(H,27,31)(H,28,30). The number of ether oxygens (including phenoxy) is 1. The second-order valence-corrected chi connectivity index (χ2v) is 9.40. The van der Waals surface area contributed by atoms with Gasteiger partial charge in [0.15, 0.2) is 0 Å². The monoisotopic (exact) mass is 465 g/mol. The van der Waals surface area contributed by atoms with E-state index in [1.807, 2.05) is 12.1 Å². The van der Waals surface area contributed by atoms with Crippen LogP contribution in [0.15, 0.2) is 59.6 Å². The van der Waals surface area contributed by atoms with Gasteiger partial charge in [0.1, 0.15) is 5.75 Å². The molecule has 1 aromatic heterocycles. The van der Waals surface area contributed by atoms with Gasteiger partial charge >= 0.3 is 0 Å². The molecule has 3 aromatic rings. The Hall–Kier alpha value is -2.93. The van der Waals surface area contributed by atoms with Crippen molar-refractivity contribution in [1.29, 1.82) is 0 Å². The van der Waals surface area contributed by atoms with Crippen LogP contribution in [0.25, 0.3) is 10.9 Å². The number of para-hydroxylation sites is 1. The van der Waals surface area contributed by atoms with E-state index < -0.39 is 0 Å². The first kappa shape index (κ1) is 23.2. The van der Waals surface area contributed by atoms with E-state index in [9.17, 15) is 9.59 Å². The number of carbonyl (C=O) groups is 2. The Bertz CT molecular complexity index is 1090. The van der Waals surface area contributed by atoms with Crippen LogP contribution in [-0.2, 0) is 11.3 Å². The van der Waals surface area contributed by atoms with E-state index in [1.165, 1.54) is 19.3 Å². The SMILES string of the molecule is COc1ccc(C(=O)NCCn2cc(SCC(=O)NC3CCCCC3)c3ccccc32)cc1. The summed E-state index contributed by atoms with van der Waals surface area (Å²) >= 11 is 1.58. The summed E-state index contributed by atoms with van der Waals surface area (Å²) in [5.74, 6) is 1.14. The van der Waals surface area contributed by atoms with Crippen LogP contribution in [0.4, 0.5) is 0 Å². The molecule has 1 heterocycles. The van der Waals surface area contributed by atoms with Crippen LogP contribution in [0.5, 0.6) is 5.75 Å². The molecule has 2 aromatic carbocycles. The van der Waals surface area contributed by atoms with Gasteiger partial charge in [0.05, 0.1) is 12.9 Å². The highest BCUT2D eigenvalue weighted by Crippen LogP contribution is 2.30. The summed E-state index contributed by atoms with van der Waals surface area (Å²) in [7, 11) is 1.60. The molecule has 1 saturated carbocycles. The topological polar surface area (TPSA) is 72.4 Å². The quantitative estimate of drug-likeness (QED) is 0.452. The van der Waals surface area contributed by atoms with Crippen molar-refractivity contribution in [2.24, 2.45) is 0 Å². The maximum Gasteiger partial charge on any atom is 0.251 e. The molecule has 1 aliphatic carbocycles. The number of hydrogen-bond donors (Lipinski definition) is 2. The van der Waals surface area contributed by atoms with Crippen molar-refractivity contribution in [2.75, 3.05) is 19.4 Å². The lowest BCUT2D eigenvalue weighted by Gasteiger charge is -2.22. The van der Waals surface area contributed by atoms with Crippen LogP contribution in [-0.4, -0.2) is 41.8 Å². The van der Waals surface area contributed by atoms with Gasteiger partial charge in [-0.05, 0) is 43.2 Å². The lowest BCUT2D eigenvalue weighted by Crippen LogP contribution is -2.37. The van der Waals surface area contributed by atoms with Crippen molar-refractivity contribution in [1.82, 2.24) is 15.2 Å². The van der Waals surface area contributed by atoms with E-state index in [0.29, 0.717) is 30.4 Å². The molecule has 0 aliphatic heterocycles. The van der Waals surface area contributed by atoms with E-state index in [4.69, 9.17) is 4.74 Å². The van der Waals surface area contributed by atoms with Gasteiger partial charge in [-0.1, -0.05) is 37.5 Å². The number of amides is 2. The molecular formula is C26H31N3O3S. The minimum atomic E-state index is -0.108. The molecule has 174 valence electrons. The molecule has 4 rings (SSSR count). The van der Waals surface area contributed by atoms with E-state index in [2.05, 4.69) is 33.5 Å². The molecule has 1 fully saturated rings. The Kier molecular flexibility index (Phi) is 7.94. The number of carbonyl (C=O) groups excluding carboxylic acids is 2. The molecule has 0 radical (unpaired) electrons. The third-order valence-electron chi connectivity index (χ3n) is 6.07. The summed E-state index contributed by atoms with van der Waals surface area (Å²) in [6.45, 7) is 1.16. The molecule has 0 saturated heterocycles.